The van der Waals surface area contributed by atoms with Crippen molar-refractivity contribution in [2.45, 2.75) is 6.61 Å². The zero-order valence-corrected chi connectivity index (χ0v) is 18.3. The van der Waals surface area contributed by atoms with Crippen molar-refractivity contribution in [1.29, 1.82) is 5.26 Å². The van der Waals surface area contributed by atoms with Crippen molar-refractivity contribution in [1.82, 2.24) is 5.43 Å². The highest BCUT2D eigenvalue weighted by Gasteiger charge is 2.34. The van der Waals surface area contributed by atoms with E-state index < -0.39 is 11.8 Å². The Morgan fingerprint density at radius 3 is 2.48 bits per heavy atom. The fraction of sp³-hybridized carbons (Fsp3) is 0.115. The molecule has 1 saturated heterocycles. The molecule has 1 aliphatic heterocycles. The van der Waals surface area contributed by atoms with E-state index in [9.17, 15) is 14.9 Å². The molecule has 0 atom stereocenters. The molecule has 0 aliphatic carbocycles. The lowest BCUT2D eigenvalue weighted by atomic mass is 10.1. The molecule has 2 amide bonds. The third-order valence-electron chi connectivity index (χ3n) is 5.24. The minimum absolute atomic E-state index is 0.0127. The van der Waals surface area contributed by atoms with E-state index in [0.717, 1.165) is 11.3 Å². The summed E-state index contributed by atoms with van der Waals surface area (Å²) < 4.78 is 6.07. The van der Waals surface area contributed by atoms with Crippen LogP contribution in [0.1, 0.15) is 16.7 Å². The van der Waals surface area contributed by atoms with Gasteiger partial charge in [0.15, 0.2) is 0 Å². The number of benzene rings is 3. The average Bonchev–Trinajstić information content (AvgIpc) is 3.12. The largest absolute Gasteiger partial charge is 0.488 e. The quantitative estimate of drug-likeness (QED) is 0.469. The first-order valence-corrected chi connectivity index (χ1v) is 10.3. The Morgan fingerprint density at radius 2 is 1.76 bits per heavy atom. The number of hydrogen-bond acceptors (Lipinski definition) is 5. The lowest BCUT2D eigenvalue weighted by Gasteiger charge is -2.17. The van der Waals surface area contributed by atoms with E-state index in [1.54, 1.807) is 42.5 Å². The van der Waals surface area contributed by atoms with E-state index in [1.165, 1.54) is 11.1 Å². The maximum Gasteiger partial charge on any atom is 0.282 e. The van der Waals surface area contributed by atoms with E-state index in [0.29, 0.717) is 22.6 Å². The lowest BCUT2D eigenvalue weighted by Crippen LogP contribution is -2.35. The number of rotatable bonds is 6. The molecule has 3 aromatic rings. The molecular formula is C26H22N4O3. The minimum atomic E-state index is -0.485. The average molecular weight is 438 g/mol. The maximum absolute atomic E-state index is 13.0. The highest BCUT2D eigenvalue weighted by molar-refractivity contribution is 6.31. The van der Waals surface area contributed by atoms with E-state index in [2.05, 4.69) is 11.5 Å². The second kappa shape index (κ2) is 9.28. The van der Waals surface area contributed by atoms with Crippen molar-refractivity contribution in [2.24, 2.45) is 0 Å². The van der Waals surface area contributed by atoms with Gasteiger partial charge in [-0.25, -0.2) is 5.01 Å². The van der Waals surface area contributed by atoms with Gasteiger partial charge in [0, 0.05) is 37.0 Å². The number of hydrogen-bond donors (Lipinski definition) is 1. The summed E-state index contributed by atoms with van der Waals surface area (Å²) in [6.07, 6.45) is 1.53. The summed E-state index contributed by atoms with van der Waals surface area (Å²) in [6, 6.07) is 23.8. The lowest BCUT2D eigenvalue weighted by molar-refractivity contribution is -0.117. The number of hydrazine groups is 1. The van der Waals surface area contributed by atoms with Crippen LogP contribution < -0.4 is 20.1 Å². The monoisotopic (exact) mass is 438 g/mol. The van der Waals surface area contributed by atoms with Gasteiger partial charge in [0.1, 0.15) is 17.9 Å². The van der Waals surface area contributed by atoms with Gasteiger partial charge < -0.3 is 9.64 Å². The van der Waals surface area contributed by atoms with Gasteiger partial charge >= 0.3 is 0 Å². The number of para-hydroxylation sites is 1. The molecular weight excluding hydrogens is 416 g/mol. The zero-order valence-electron chi connectivity index (χ0n) is 18.3. The first kappa shape index (κ1) is 21.7. The highest BCUT2D eigenvalue weighted by atomic mass is 16.5. The molecule has 1 fully saturated rings. The summed E-state index contributed by atoms with van der Waals surface area (Å²) in [5.41, 5.74) is 5.96. The number of amides is 2. The van der Waals surface area contributed by atoms with E-state index in [-0.39, 0.29) is 12.2 Å². The Hall–Kier alpha value is -4.57. The summed E-state index contributed by atoms with van der Waals surface area (Å²) >= 11 is 0. The summed E-state index contributed by atoms with van der Waals surface area (Å²) in [6.45, 7) is 0.174. The van der Waals surface area contributed by atoms with Crippen molar-refractivity contribution in [3.05, 3.63) is 95.1 Å². The Labute approximate surface area is 192 Å². The molecule has 33 heavy (non-hydrogen) atoms. The van der Waals surface area contributed by atoms with E-state index >= 15 is 0 Å². The van der Waals surface area contributed by atoms with Gasteiger partial charge in [-0.3, -0.25) is 15.0 Å². The molecule has 1 heterocycles. The molecule has 0 unspecified atom stereocenters. The van der Waals surface area contributed by atoms with Crippen LogP contribution in [0.5, 0.6) is 5.75 Å². The van der Waals surface area contributed by atoms with Crippen LogP contribution in [0.2, 0.25) is 0 Å². The fourth-order valence-electron chi connectivity index (χ4n) is 3.43. The van der Waals surface area contributed by atoms with Gasteiger partial charge in [0.2, 0.25) is 0 Å². The number of nitrogens with one attached hydrogen (secondary N) is 1. The van der Waals surface area contributed by atoms with Crippen LogP contribution in [0.3, 0.4) is 0 Å². The van der Waals surface area contributed by atoms with Crippen molar-refractivity contribution in [3.8, 4) is 11.8 Å². The fourth-order valence-corrected chi connectivity index (χ4v) is 3.43. The molecule has 0 radical (unpaired) electrons. The molecule has 1 aliphatic rings. The third kappa shape index (κ3) is 4.55. The molecule has 0 spiro atoms. The molecule has 1 N–H and O–H groups in total. The normalized spacial score (nSPS) is 14.2. The summed E-state index contributed by atoms with van der Waals surface area (Å²) in [5.74, 6) is -0.426. The van der Waals surface area contributed by atoms with Crippen molar-refractivity contribution in [2.75, 3.05) is 24.0 Å². The molecule has 0 saturated carbocycles. The second-order valence-electron chi connectivity index (χ2n) is 7.65. The van der Waals surface area contributed by atoms with E-state index in [1.807, 2.05) is 49.3 Å². The number of anilines is 2. The Balaban J connectivity index is 1.67. The SMILES string of the molecule is CN(C)c1ccc(C=C2C(=O)NN(c3ccccc3)C2=O)c(OCc2ccccc2C#N)c1. The summed E-state index contributed by atoms with van der Waals surface area (Å²) in [4.78, 5) is 27.5. The molecule has 0 aromatic heterocycles. The van der Waals surface area contributed by atoms with Gasteiger partial charge in [-0.15, -0.1) is 0 Å². The third-order valence-corrected chi connectivity index (χ3v) is 5.24. The smallest absolute Gasteiger partial charge is 0.282 e. The number of carbonyl (C=O) groups is 2. The Morgan fingerprint density at radius 1 is 1.03 bits per heavy atom. The van der Waals surface area contributed by atoms with Crippen LogP contribution in [0, 0.1) is 11.3 Å². The Kier molecular flexibility index (Phi) is 6.09. The van der Waals surface area contributed by atoms with Crippen LogP contribution in [0.25, 0.3) is 6.08 Å². The van der Waals surface area contributed by atoms with Gasteiger partial charge in [-0.1, -0.05) is 36.4 Å². The van der Waals surface area contributed by atoms with Crippen LogP contribution in [0.4, 0.5) is 11.4 Å². The van der Waals surface area contributed by atoms with Gasteiger partial charge in [0.25, 0.3) is 11.8 Å². The highest BCUT2D eigenvalue weighted by Crippen LogP contribution is 2.30. The van der Waals surface area contributed by atoms with Crippen LogP contribution in [-0.2, 0) is 16.2 Å². The standard InChI is InChI=1S/C26H22N4O3/c1-29(2)22-13-12-18(24(15-22)33-17-20-9-7-6-8-19(20)16-27)14-23-25(31)28-30(26(23)32)21-10-4-3-5-11-21/h3-15H,17H2,1-2H3,(H,28,31). The maximum atomic E-state index is 13.0. The van der Waals surface area contributed by atoms with Crippen molar-refractivity contribution >= 4 is 29.3 Å². The van der Waals surface area contributed by atoms with Crippen molar-refractivity contribution < 1.29 is 14.3 Å². The van der Waals surface area contributed by atoms with Crippen LogP contribution >= 0.6 is 0 Å². The molecule has 164 valence electrons. The minimum Gasteiger partial charge on any atom is -0.488 e. The molecule has 3 aromatic carbocycles. The Bertz CT molecular complexity index is 1280. The molecule has 7 heteroatoms. The zero-order chi connectivity index (χ0) is 23.4. The van der Waals surface area contributed by atoms with Gasteiger partial charge in [-0.05, 0) is 36.4 Å². The number of nitrogens with zero attached hydrogens (tertiary/aromatic N) is 3. The predicted octanol–water partition coefficient (Wildman–Crippen LogP) is 3.66. The predicted molar refractivity (Wildman–Crippen MR) is 126 cm³/mol. The molecule has 4 rings (SSSR count). The first-order chi connectivity index (χ1) is 16.0. The van der Waals surface area contributed by atoms with Crippen LogP contribution in [0.15, 0.2) is 78.4 Å². The van der Waals surface area contributed by atoms with Gasteiger partial charge in [-0.2, -0.15) is 5.26 Å². The summed E-state index contributed by atoms with van der Waals surface area (Å²) in [5, 5.41) is 10.6. The first-order valence-electron chi connectivity index (χ1n) is 10.3. The van der Waals surface area contributed by atoms with Crippen LogP contribution in [-0.4, -0.2) is 25.9 Å². The molecule has 7 nitrogen and oxygen atoms in total. The summed E-state index contributed by atoms with van der Waals surface area (Å²) in [7, 11) is 3.82. The number of ether oxygens (including phenoxy) is 1. The number of nitriles is 1. The second-order valence-corrected chi connectivity index (χ2v) is 7.65. The topological polar surface area (TPSA) is 85.7 Å². The molecule has 0 bridgehead atoms. The van der Waals surface area contributed by atoms with Gasteiger partial charge in [0.05, 0.1) is 17.3 Å². The van der Waals surface area contributed by atoms with E-state index in [4.69, 9.17) is 4.74 Å². The number of carbonyl (C=O) groups excluding carboxylic acids is 2. The van der Waals surface area contributed by atoms with Crippen molar-refractivity contribution in [3.63, 3.8) is 0 Å².